The van der Waals surface area contributed by atoms with Crippen LogP contribution in [0.2, 0.25) is 0 Å². The second-order valence-corrected chi connectivity index (χ2v) is 7.72. The number of fused-ring (bicyclic) bond motifs is 1. The third kappa shape index (κ3) is 4.10. The van der Waals surface area contributed by atoms with Crippen molar-refractivity contribution in [3.05, 3.63) is 58.1 Å². The van der Waals surface area contributed by atoms with Gasteiger partial charge in [0.25, 0.3) is 5.69 Å². The summed E-state index contributed by atoms with van der Waals surface area (Å²) in [5.74, 6) is -0.684. The number of non-ortho nitro benzene ring substituents is 1. The van der Waals surface area contributed by atoms with E-state index in [1.54, 1.807) is 0 Å². The van der Waals surface area contributed by atoms with E-state index >= 15 is 0 Å². The van der Waals surface area contributed by atoms with E-state index in [0.717, 1.165) is 28.8 Å². The van der Waals surface area contributed by atoms with Gasteiger partial charge in [-0.1, -0.05) is 17.8 Å². The first-order chi connectivity index (χ1) is 15.1. The van der Waals surface area contributed by atoms with Crippen molar-refractivity contribution in [2.75, 3.05) is 18.8 Å². The van der Waals surface area contributed by atoms with E-state index in [0.29, 0.717) is 12.1 Å². The third-order valence-corrected chi connectivity index (χ3v) is 5.66. The van der Waals surface area contributed by atoms with Gasteiger partial charge in [-0.05, 0) is 24.3 Å². The Hall–Kier alpha value is -3.61. The number of benzene rings is 2. The molecule has 0 aliphatic carbocycles. The number of halogens is 3. The fourth-order valence-corrected chi connectivity index (χ4v) is 4.15. The van der Waals surface area contributed by atoms with Gasteiger partial charge in [0.2, 0.25) is 5.91 Å². The molecule has 4 rings (SSSR count). The molecule has 13 heteroatoms. The number of hydrogen-bond acceptors (Lipinski definition) is 6. The number of imidazole rings is 1. The quantitative estimate of drug-likeness (QED) is 0.350. The number of aromatic nitrogens is 2. The summed E-state index contributed by atoms with van der Waals surface area (Å²) in [4.78, 5) is 39.9. The number of nitrogens with zero attached hydrogens (tertiary/aromatic N) is 4. The molecule has 0 unspecified atom stereocenters. The Balaban J connectivity index is 1.76. The number of rotatable bonds is 5. The molecule has 2 aromatic carbocycles. The predicted molar refractivity (Wildman–Crippen MR) is 109 cm³/mol. The number of nitrogens with one attached hydrogen (secondary N) is 1. The molecule has 1 aliphatic rings. The zero-order valence-electron chi connectivity index (χ0n) is 16.1. The lowest BCUT2D eigenvalue weighted by atomic mass is 10.2. The van der Waals surface area contributed by atoms with Crippen molar-refractivity contribution in [1.82, 2.24) is 19.8 Å². The molecule has 1 N–H and O–H groups in total. The number of nitro benzene ring substituents is 1. The number of urea groups is 1. The molecule has 1 fully saturated rings. The minimum absolute atomic E-state index is 0.130. The minimum atomic E-state index is -4.57. The maximum Gasteiger partial charge on any atom is 0.416 e. The molecule has 2 heterocycles. The Morgan fingerprint density at radius 1 is 1.25 bits per heavy atom. The SMILES string of the molecule is O=C(CSc1nc2cc([N+](=O)[O-])ccc2n1-c1cccc(C(F)(F)F)c1)N1CCNC1=O. The van der Waals surface area contributed by atoms with Gasteiger partial charge in [0, 0.05) is 30.9 Å². The average Bonchev–Trinajstić information content (AvgIpc) is 3.34. The van der Waals surface area contributed by atoms with Crippen LogP contribution in [0.25, 0.3) is 16.7 Å². The highest BCUT2D eigenvalue weighted by Crippen LogP contribution is 2.34. The molecule has 0 spiro atoms. The van der Waals surface area contributed by atoms with Crippen molar-refractivity contribution >= 4 is 40.4 Å². The monoisotopic (exact) mass is 465 g/mol. The first-order valence-corrected chi connectivity index (χ1v) is 10.2. The van der Waals surface area contributed by atoms with E-state index in [1.807, 2.05) is 0 Å². The Morgan fingerprint density at radius 3 is 2.69 bits per heavy atom. The second-order valence-electron chi connectivity index (χ2n) is 6.77. The largest absolute Gasteiger partial charge is 0.416 e. The molecule has 0 saturated carbocycles. The molecule has 3 amide bonds. The lowest BCUT2D eigenvalue weighted by Crippen LogP contribution is -2.35. The summed E-state index contributed by atoms with van der Waals surface area (Å²) in [6, 6.07) is 7.85. The van der Waals surface area contributed by atoms with Crippen LogP contribution in [0.3, 0.4) is 0 Å². The molecule has 3 aromatic rings. The fraction of sp³-hybridized carbons (Fsp3) is 0.211. The molecule has 0 atom stereocenters. The van der Waals surface area contributed by atoms with Crippen LogP contribution >= 0.6 is 11.8 Å². The van der Waals surface area contributed by atoms with Gasteiger partial charge >= 0.3 is 12.2 Å². The van der Waals surface area contributed by atoms with Gasteiger partial charge in [-0.15, -0.1) is 0 Å². The van der Waals surface area contributed by atoms with E-state index < -0.39 is 28.6 Å². The Bertz CT molecular complexity index is 1240. The van der Waals surface area contributed by atoms with Gasteiger partial charge in [-0.25, -0.2) is 9.78 Å². The van der Waals surface area contributed by atoms with Gasteiger partial charge in [-0.3, -0.25) is 24.4 Å². The predicted octanol–water partition coefficient (Wildman–Crippen LogP) is 3.60. The molecule has 9 nitrogen and oxygen atoms in total. The fourth-order valence-electron chi connectivity index (χ4n) is 3.24. The number of thioether (sulfide) groups is 1. The van der Waals surface area contributed by atoms with Crippen molar-refractivity contribution in [2.45, 2.75) is 11.3 Å². The van der Waals surface area contributed by atoms with Gasteiger partial charge in [0.1, 0.15) is 0 Å². The number of amides is 3. The van der Waals surface area contributed by atoms with Crippen LogP contribution in [0, 0.1) is 10.1 Å². The molecule has 1 aliphatic heterocycles. The summed E-state index contributed by atoms with van der Waals surface area (Å²) in [5.41, 5.74) is -0.452. The minimum Gasteiger partial charge on any atom is -0.336 e. The number of carbonyl (C=O) groups is 2. The Morgan fingerprint density at radius 2 is 2.03 bits per heavy atom. The van der Waals surface area contributed by atoms with E-state index in [1.165, 1.54) is 34.9 Å². The number of nitro groups is 1. The van der Waals surface area contributed by atoms with Crippen LogP contribution in [0.15, 0.2) is 47.6 Å². The summed E-state index contributed by atoms with van der Waals surface area (Å²) < 4.78 is 41.1. The lowest BCUT2D eigenvalue weighted by Gasteiger charge is -2.14. The van der Waals surface area contributed by atoms with Crippen molar-refractivity contribution in [2.24, 2.45) is 0 Å². The van der Waals surface area contributed by atoms with Crippen LogP contribution in [-0.4, -0.2) is 50.2 Å². The molecule has 0 radical (unpaired) electrons. The smallest absolute Gasteiger partial charge is 0.336 e. The van der Waals surface area contributed by atoms with Crippen LogP contribution in [0.1, 0.15) is 5.56 Å². The van der Waals surface area contributed by atoms with Crippen LogP contribution < -0.4 is 5.32 Å². The topological polar surface area (TPSA) is 110 Å². The highest BCUT2D eigenvalue weighted by atomic mass is 32.2. The summed E-state index contributed by atoms with van der Waals surface area (Å²) >= 11 is 0.922. The second kappa shape index (κ2) is 8.15. The Kier molecular flexibility index (Phi) is 5.50. The summed E-state index contributed by atoms with van der Waals surface area (Å²) in [6.45, 7) is 0.552. The number of imide groups is 1. The molecule has 1 aromatic heterocycles. The van der Waals surface area contributed by atoms with Crippen molar-refractivity contribution in [3.8, 4) is 5.69 Å². The summed E-state index contributed by atoms with van der Waals surface area (Å²) in [7, 11) is 0. The normalized spacial score (nSPS) is 14.1. The van der Waals surface area contributed by atoms with Crippen molar-refractivity contribution in [1.29, 1.82) is 0 Å². The molecule has 166 valence electrons. The molecular formula is C19H14F3N5O4S. The number of carbonyl (C=O) groups excluding carboxylic acids is 2. The van der Waals surface area contributed by atoms with E-state index in [2.05, 4.69) is 10.3 Å². The van der Waals surface area contributed by atoms with Gasteiger partial charge < -0.3 is 5.32 Å². The average molecular weight is 465 g/mol. The zero-order chi connectivity index (χ0) is 23.0. The van der Waals surface area contributed by atoms with E-state index in [9.17, 15) is 32.9 Å². The summed E-state index contributed by atoms with van der Waals surface area (Å²) in [5, 5.41) is 13.8. The van der Waals surface area contributed by atoms with Crippen molar-refractivity contribution < 1.29 is 27.7 Å². The van der Waals surface area contributed by atoms with E-state index in [4.69, 9.17) is 0 Å². The van der Waals surface area contributed by atoms with Crippen molar-refractivity contribution in [3.63, 3.8) is 0 Å². The Labute approximate surface area is 182 Å². The standard InChI is InChI=1S/C19H14F3N5O4S/c20-19(21,22)11-2-1-3-12(8-11)26-15-5-4-13(27(30)31)9-14(15)24-18(26)32-10-16(28)25-7-6-23-17(25)29/h1-5,8-9H,6-7,10H2,(H,23,29). The number of alkyl halides is 3. The molecule has 32 heavy (non-hydrogen) atoms. The molecular weight excluding hydrogens is 451 g/mol. The van der Waals surface area contributed by atoms with Gasteiger partial charge in [0.15, 0.2) is 5.16 Å². The van der Waals surface area contributed by atoms with Gasteiger partial charge in [-0.2, -0.15) is 13.2 Å². The molecule has 1 saturated heterocycles. The lowest BCUT2D eigenvalue weighted by molar-refractivity contribution is -0.384. The van der Waals surface area contributed by atoms with Crippen LogP contribution in [0.4, 0.5) is 23.7 Å². The highest BCUT2D eigenvalue weighted by Gasteiger charge is 2.31. The first-order valence-electron chi connectivity index (χ1n) is 9.20. The van der Waals surface area contributed by atoms with Crippen LogP contribution in [-0.2, 0) is 11.0 Å². The summed E-state index contributed by atoms with van der Waals surface area (Å²) in [6.07, 6.45) is -4.57. The molecule has 0 bridgehead atoms. The number of hydrogen-bond donors (Lipinski definition) is 1. The third-order valence-electron chi connectivity index (χ3n) is 4.73. The zero-order valence-corrected chi connectivity index (χ0v) is 16.9. The van der Waals surface area contributed by atoms with E-state index in [-0.39, 0.29) is 34.3 Å². The maximum atomic E-state index is 13.2. The first kappa shape index (κ1) is 21.6. The van der Waals surface area contributed by atoms with Gasteiger partial charge in [0.05, 0.1) is 27.3 Å². The highest BCUT2D eigenvalue weighted by molar-refractivity contribution is 7.99. The van der Waals surface area contributed by atoms with Crippen LogP contribution in [0.5, 0.6) is 0 Å². The maximum absolute atomic E-state index is 13.2.